The van der Waals surface area contributed by atoms with Crippen molar-refractivity contribution in [3.63, 3.8) is 0 Å². The molecule has 0 radical (unpaired) electrons. The highest BCUT2D eigenvalue weighted by atomic mass is 32.2. The van der Waals surface area contributed by atoms with E-state index in [1.54, 1.807) is 6.26 Å². The molecule has 0 saturated heterocycles. The molecular formula is C8H14O3S. The molecule has 0 heterocycles. The lowest BCUT2D eigenvalue weighted by Gasteiger charge is -2.17. The van der Waals surface area contributed by atoms with Crippen molar-refractivity contribution in [3.05, 3.63) is 0 Å². The Balaban J connectivity index is 4.38. The maximum atomic E-state index is 11.2. The zero-order chi connectivity index (χ0) is 9.78. The Bertz CT molecular complexity index is 187. The zero-order valence-corrected chi connectivity index (χ0v) is 8.40. The molecule has 0 rings (SSSR count). The largest absolute Gasteiger partial charge is 0.374 e. The number of carbonyl (C=O) groups is 2. The van der Waals surface area contributed by atoms with Crippen LogP contribution in [0.25, 0.3) is 0 Å². The molecule has 0 bridgehead atoms. The summed E-state index contributed by atoms with van der Waals surface area (Å²) in [6, 6.07) is 0. The lowest BCUT2D eigenvalue weighted by molar-refractivity contribution is -0.143. The standard InChI is InChI=1S/C8H14O3S/c1-4-5-6(9)8(2,11)7(10)12-3/h11H,4-5H2,1-3H3. The Kier molecular flexibility index (Phi) is 4.49. The SMILES string of the molecule is CCCC(=O)C(C)(O)C(=O)SC. The van der Waals surface area contributed by atoms with Gasteiger partial charge in [-0.3, -0.25) is 9.59 Å². The molecule has 0 aromatic heterocycles. The fourth-order valence-electron chi connectivity index (χ4n) is 0.783. The topological polar surface area (TPSA) is 54.4 Å². The molecule has 0 aliphatic heterocycles. The summed E-state index contributed by atoms with van der Waals surface area (Å²) in [7, 11) is 0. The lowest BCUT2D eigenvalue weighted by Crippen LogP contribution is -2.41. The van der Waals surface area contributed by atoms with Crippen molar-refractivity contribution in [3.8, 4) is 0 Å². The maximum absolute atomic E-state index is 11.2. The second kappa shape index (κ2) is 4.62. The molecule has 0 aromatic carbocycles. The Morgan fingerprint density at radius 3 is 2.33 bits per heavy atom. The average molecular weight is 190 g/mol. The second-order valence-electron chi connectivity index (χ2n) is 2.74. The third-order valence-electron chi connectivity index (χ3n) is 1.60. The van der Waals surface area contributed by atoms with Gasteiger partial charge in [0.1, 0.15) is 0 Å². The van der Waals surface area contributed by atoms with Crippen LogP contribution in [0.15, 0.2) is 0 Å². The van der Waals surface area contributed by atoms with Crippen LogP contribution in [0, 0.1) is 0 Å². The van der Waals surface area contributed by atoms with E-state index in [1.807, 2.05) is 6.92 Å². The van der Waals surface area contributed by atoms with Crippen molar-refractivity contribution in [2.45, 2.75) is 32.3 Å². The summed E-state index contributed by atoms with van der Waals surface area (Å²) in [4.78, 5) is 22.2. The van der Waals surface area contributed by atoms with Crippen molar-refractivity contribution in [1.29, 1.82) is 0 Å². The second-order valence-corrected chi connectivity index (χ2v) is 3.52. The fourth-order valence-corrected chi connectivity index (χ4v) is 1.29. The first-order valence-corrected chi connectivity index (χ1v) is 5.03. The molecule has 3 nitrogen and oxygen atoms in total. The van der Waals surface area contributed by atoms with Gasteiger partial charge in [0.05, 0.1) is 0 Å². The average Bonchev–Trinajstić information content (AvgIpc) is 2.03. The van der Waals surface area contributed by atoms with Gasteiger partial charge in [-0.05, 0) is 19.6 Å². The van der Waals surface area contributed by atoms with E-state index in [4.69, 9.17) is 0 Å². The van der Waals surface area contributed by atoms with Crippen LogP contribution >= 0.6 is 11.8 Å². The number of carbonyl (C=O) groups excluding carboxylic acids is 2. The van der Waals surface area contributed by atoms with Gasteiger partial charge in [0.15, 0.2) is 11.4 Å². The monoisotopic (exact) mass is 190 g/mol. The van der Waals surface area contributed by atoms with E-state index in [2.05, 4.69) is 0 Å². The van der Waals surface area contributed by atoms with Crippen molar-refractivity contribution in [2.75, 3.05) is 6.26 Å². The van der Waals surface area contributed by atoms with Gasteiger partial charge in [-0.2, -0.15) is 0 Å². The molecule has 0 aliphatic carbocycles. The van der Waals surface area contributed by atoms with Gasteiger partial charge < -0.3 is 5.11 Å². The number of aliphatic hydroxyl groups is 1. The number of rotatable bonds is 4. The van der Waals surface area contributed by atoms with Crippen molar-refractivity contribution < 1.29 is 14.7 Å². The summed E-state index contributed by atoms with van der Waals surface area (Å²) < 4.78 is 0. The van der Waals surface area contributed by atoms with Gasteiger partial charge >= 0.3 is 0 Å². The van der Waals surface area contributed by atoms with E-state index in [0.717, 1.165) is 11.8 Å². The van der Waals surface area contributed by atoms with E-state index in [9.17, 15) is 14.7 Å². The number of ketones is 1. The van der Waals surface area contributed by atoms with E-state index in [1.165, 1.54) is 6.92 Å². The first kappa shape index (κ1) is 11.6. The molecule has 1 unspecified atom stereocenters. The molecule has 12 heavy (non-hydrogen) atoms. The minimum Gasteiger partial charge on any atom is -0.374 e. The molecule has 0 fully saturated rings. The molecule has 1 atom stereocenters. The first-order valence-electron chi connectivity index (χ1n) is 3.80. The van der Waals surface area contributed by atoms with Crippen LogP contribution in [0.2, 0.25) is 0 Å². The summed E-state index contributed by atoms with van der Waals surface area (Å²) in [5, 5.41) is 8.98. The summed E-state index contributed by atoms with van der Waals surface area (Å²) in [6.07, 6.45) is 2.45. The van der Waals surface area contributed by atoms with E-state index < -0.39 is 16.5 Å². The molecular weight excluding hydrogens is 176 g/mol. The minimum atomic E-state index is -1.80. The Morgan fingerprint density at radius 1 is 1.50 bits per heavy atom. The molecule has 0 spiro atoms. The summed E-state index contributed by atoms with van der Waals surface area (Å²) in [5.74, 6) is -0.399. The van der Waals surface area contributed by atoms with Gasteiger partial charge in [0.25, 0.3) is 0 Å². The van der Waals surface area contributed by atoms with Gasteiger partial charge in [-0.15, -0.1) is 0 Å². The highest BCUT2D eigenvalue weighted by molar-refractivity contribution is 8.13. The molecule has 0 aliphatic rings. The number of hydrogen-bond donors (Lipinski definition) is 1. The quantitative estimate of drug-likeness (QED) is 0.672. The van der Waals surface area contributed by atoms with E-state index >= 15 is 0 Å². The minimum absolute atomic E-state index is 0.249. The van der Waals surface area contributed by atoms with E-state index in [0.29, 0.717) is 6.42 Å². The maximum Gasteiger partial charge on any atom is 0.227 e. The molecule has 0 aromatic rings. The third-order valence-corrected chi connectivity index (χ3v) is 2.37. The first-order chi connectivity index (χ1) is 5.46. The van der Waals surface area contributed by atoms with E-state index in [-0.39, 0.29) is 6.42 Å². The smallest absolute Gasteiger partial charge is 0.227 e. The molecule has 0 amide bonds. The van der Waals surface area contributed by atoms with Gasteiger partial charge in [-0.1, -0.05) is 18.7 Å². The van der Waals surface area contributed by atoms with Crippen LogP contribution in [0.3, 0.4) is 0 Å². The molecule has 4 heteroatoms. The normalized spacial score (nSPS) is 15.3. The van der Waals surface area contributed by atoms with Crippen molar-refractivity contribution >= 4 is 22.7 Å². The van der Waals surface area contributed by atoms with Crippen LogP contribution in [-0.4, -0.2) is 27.9 Å². The molecule has 1 N–H and O–H groups in total. The summed E-state index contributed by atoms with van der Waals surface area (Å²) >= 11 is 0.876. The van der Waals surface area contributed by atoms with Crippen molar-refractivity contribution in [1.82, 2.24) is 0 Å². The lowest BCUT2D eigenvalue weighted by atomic mass is 9.99. The van der Waals surface area contributed by atoms with Crippen LogP contribution in [0.1, 0.15) is 26.7 Å². The highest BCUT2D eigenvalue weighted by Crippen LogP contribution is 2.16. The zero-order valence-electron chi connectivity index (χ0n) is 7.59. The summed E-state index contributed by atoms with van der Waals surface area (Å²) in [5.41, 5.74) is -1.80. The Morgan fingerprint density at radius 2 is 2.00 bits per heavy atom. The number of hydrogen-bond acceptors (Lipinski definition) is 4. The van der Waals surface area contributed by atoms with Gasteiger partial charge in [0, 0.05) is 6.42 Å². The highest BCUT2D eigenvalue weighted by Gasteiger charge is 2.36. The molecule has 0 saturated carbocycles. The van der Waals surface area contributed by atoms with Crippen molar-refractivity contribution in [2.24, 2.45) is 0 Å². The van der Waals surface area contributed by atoms with Crippen LogP contribution in [-0.2, 0) is 9.59 Å². The Hall–Kier alpha value is -0.350. The Labute approximate surface area is 76.5 Å². The third kappa shape index (κ3) is 2.60. The predicted octanol–water partition coefficient (Wildman–Crippen LogP) is 0.996. The number of Topliss-reactive ketones (excluding diaryl/α,β-unsaturated/α-hetero) is 1. The van der Waals surface area contributed by atoms with Crippen LogP contribution < -0.4 is 0 Å². The van der Waals surface area contributed by atoms with Crippen LogP contribution in [0.4, 0.5) is 0 Å². The fraction of sp³-hybridized carbons (Fsp3) is 0.750. The predicted molar refractivity (Wildman–Crippen MR) is 49.1 cm³/mol. The number of thioether (sulfide) groups is 1. The van der Waals surface area contributed by atoms with Gasteiger partial charge in [-0.25, -0.2) is 0 Å². The molecule has 70 valence electrons. The van der Waals surface area contributed by atoms with Gasteiger partial charge in [0.2, 0.25) is 5.12 Å². The summed E-state index contributed by atoms with van der Waals surface area (Å²) in [6.45, 7) is 3.08. The van der Waals surface area contributed by atoms with Crippen LogP contribution in [0.5, 0.6) is 0 Å².